The molecule has 7 heteroatoms. The molecule has 1 saturated carbocycles. The lowest BCUT2D eigenvalue weighted by Crippen LogP contribution is -2.43. The Hall–Kier alpha value is -1.08. The molecule has 1 aromatic rings. The van der Waals surface area contributed by atoms with Crippen LogP contribution in [0.25, 0.3) is 0 Å². The van der Waals surface area contributed by atoms with Gasteiger partial charge in [-0.1, -0.05) is 25.6 Å². The standard InChI is InChI=1S/C12H20N4O2S/c1-6-4-7(2)9(8(13)5-6)19-12-14-10(17)11(18)15-16(12)3/h6-9H,4-5,13H2,1-3H3,(H,15,18). The second kappa shape index (κ2) is 5.50. The highest BCUT2D eigenvalue weighted by Crippen LogP contribution is 2.37. The molecule has 0 aromatic carbocycles. The maximum absolute atomic E-state index is 11.3. The minimum absolute atomic E-state index is 0.0904. The second-order valence-electron chi connectivity index (χ2n) is 5.50. The van der Waals surface area contributed by atoms with Crippen LogP contribution in [0.4, 0.5) is 0 Å². The zero-order valence-electron chi connectivity index (χ0n) is 11.4. The van der Waals surface area contributed by atoms with Crippen LogP contribution in [-0.4, -0.2) is 26.1 Å². The van der Waals surface area contributed by atoms with Crippen LogP contribution in [0.1, 0.15) is 26.7 Å². The minimum Gasteiger partial charge on any atom is -0.327 e. The molecule has 0 saturated heterocycles. The predicted octanol–water partition coefficient (Wildman–Crippen LogP) is 0.323. The Morgan fingerprint density at radius 2 is 2.05 bits per heavy atom. The quantitative estimate of drug-likeness (QED) is 0.763. The Morgan fingerprint density at radius 1 is 1.37 bits per heavy atom. The van der Waals surface area contributed by atoms with E-state index in [2.05, 4.69) is 23.9 Å². The fourth-order valence-electron chi connectivity index (χ4n) is 2.78. The molecule has 3 N–H and O–H groups in total. The van der Waals surface area contributed by atoms with E-state index in [0.717, 1.165) is 12.8 Å². The number of nitrogens with one attached hydrogen (secondary N) is 1. The van der Waals surface area contributed by atoms with Crippen molar-refractivity contribution >= 4 is 11.8 Å². The largest absolute Gasteiger partial charge is 0.339 e. The van der Waals surface area contributed by atoms with Gasteiger partial charge >= 0.3 is 11.1 Å². The molecule has 1 fully saturated rings. The van der Waals surface area contributed by atoms with Crippen LogP contribution in [0.15, 0.2) is 14.7 Å². The van der Waals surface area contributed by atoms with Crippen LogP contribution >= 0.6 is 11.8 Å². The van der Waals surface area contributed by atoms with Gasteiger partial charge in [-0.15, -0.1) is 0 Å². The number of H-pyrrole nitrogens is 1. The number of aromatic amines is 1. The average Bonchev–Trinajstić information content (AvgIpc) is 2.29. The van der Waals surface area contributed by atoms with Gasteiger partial charge in [0.1, 0.15) is 0 Å². The summed E-state index contributed by atoms with van der Waals surface area (Å²) in [5, 5.41) is 3.20. The third-order valence-electron chi connectivity index (χ3n) is 3.62. The van der Waals surface area contributed by atoms with Gasteiger partial charge in [0.25, 0.3) is 0 Å². The van der Waals surface area contributed by atoms with Gasteiger partial charge in [-0.25, -0.2) is 0 Å². The van der Waals surface area contributed by atoms with Crippen molar-refractivity contribution in [3.8, 4) is 0 Å². The second-order valence-corrected chi connectivity index (χ2v) is 6.64. The first-order valence-corrected chi connectivity index (χ1v) is 7.36. The van der Waals surface area contributed by atoms with Gasteiger partial charge in [0.2, 0.25) is 0 Å². The molecule has 1 aliphatic rings. The molecular formula is C12H20N4O2S. The monoisotopic (exact) mass is 284 g/mol. The van der Waals surface area contributed by atoms with Gasteiger partial charge in [-0.05, 0) is 24.7 Å². The predicted molar refractivity (Wildman–Crippen MR) is 75.3 cm³/mol. The van der Waals surface area contributed by atoms with Gasteiger partial charge in [0.15, 0.2) is 5.16 Å². The molecule has 4 unspecified atom stereocenters. The number of hydrogen-bond donors (Lipinski definition) is 2. The van der Waals surface area contributed by atoms with Crippen LogP contribution in [0.5, 0.6) is 0 Å². The first kappa shape index (κ1) is 14.3. The van der Waals surface area contributed by atoms with Gasteiger partial charge in [-0.3, -0.25) is 19.4 Å². The molecule has 0 amide bonds. The van der Waals surface area contributed by atoms with E-state index in [1.165, 1.54) is 16.4 Å². The lowest BCUT2D eigenvalue weighted by Gasteiger charge is -2.37. The van der Waals surface area contributed by atoms with E-state index in [1.54, 1.807) is 7.05 Å². The number of aromatic nitrogens is 3. The Bertz CT molecular complexity index is 556. The zero-order valence-corrected chi connectivity index (χ0v) is 12.2. The van der Waals surface area contributed by atoms with Crippen LogP contribution in [0.3, 0.4) is 0 Å². The van der Waals surface area contributed by atoms with E-state index in [1.807, 2.05) is 0 Å². The number of nitrogens with two attached hydrogens (primary N) is 1. The van der Waals surface area contributed by atoms with Crippen molar-refractivity contribution in [2.45, 2.75) is 43.1 Å². The van der Waals surface area contributed by atoms with Crippen LogP contribution in [0.2, 0.25) is 0 Å². The van der Waals surface area contributed by atoms with E-state index in [-0.39, 0.29) is 11.3 Å². The summed E-state index contributed by atoms with van der Waals surface area (Å²) in [6.07, 6.45) is 2.11. The molecule has 1 aliphatic carbocycles. The molecule has 0 bridgehead atoms. The van der Waals surface area contributed by atoms with Crippen molar-refractivity contribution in [3.05, 3.63) is 20.7 Å². The third kappa shape index (κ3) is 3.09. The smallest absolute Gasteiger partial charge is 0.327 e. The molecule has 0 spiro atoms. The molecule has 0 aliphatic heterocycles. The Balaban J connectivity index is 2.23. The topological polar surface area (TPSA) is 93.8 Å². The van der Waals surface area contributed by atoms with Gasteiger partial charge in [0.05, 0.1) is 0 Å². The summed E-state index contributed by atoms with van der Waals surface area (Å²) < 4.78 is 1.49. The van der Waals surface area contributed by atoms with Crippen LogP contribution < -0.4 is 16.9 Å². The van der Waals surface area contributed by atoms with E-state index >= 15 is 0 Å². The van der Waals surface area contributed by atoms with Gasteiger partial charge in [-0.2, -0.15) is 4.98 Å². The Morgan fingerprint density at radius 3 is 2.68 bits per heavy atom. The number of rotatable bonds is 2. The summed E-state index contributed by atoms with van der Waals surface area (Å²) in [6.45, 7) is 4.39. The molecule has 2 rings (SSSR count). The fraction of sp³-hybridized carbons (Fsp3) is 0.750. The van der Waals surface area contributed by atoms with Crippen LogP contribution in [0, 0.1) is 11.8 Å². The van der Waals surface area contributed by atoms with Crippen molar-refractivity contribution in [2.75, 3.05) is 0 Å². The minimum atomic E-state index is -0.744. The van der Waals surface area contributed by atoms with Crippen molar-refractivity contribution in [1.82, 2.24) is 14.8 Å². The molecule has 1 aromatic heterocycles. The maximum Gasteiger partial charge on any atom is 0.339 e. The highest BCUT2D eigenvalue weighted by molar-refractivity contribution is 7.99. The molecule has 0 radical (unpaired) electrons. The molecular weight excluding hydrogens is 264 g/mol. The summed E-state index contributed by atoms with van der Waals surface area (Å²) in [7, 11) is 1.68. The first-order valence-electron chi connectivity index (χ1n) is 6.48. The highest BCUT2D eigenvalue weighted by atomic mass is 32.2. The van der Waals surface area contributed by atoms with Crippen molar-refractivity contribution in [1.29, 1.82) is 0 Å². The van der Waals surface area contributed by atoms with Crippen molar-refractivity contribution < 1.29 is 0 Å². The fourth-order valence-corrected chi connectivity index (χ4v) is 3.99. The molecule has 4 atom stereocenters. The number of thioether (sulfide) groups is 1. The first-order chi connectivity index (χ1) is 8.88. The normalized spacial score (nSPS) is 31.4. The third-order valence-corrected chi connectivity index (χ3v) is 5.28. The van der Waals surface area contributed by atoms with E-state index in [9.17, 15) is 9.59 Å². The van der Waals surface area contributed by atoms with Crippen molar-refractivity contribution in [2.24, 2.45) is 24.6 Å². The molecule has 1 heterocycles. The van der Waals surface area contributed by atoms with Gasteiger partial charge < -0.3 is 5.73 Å². The number of aryl methyl sites for hydroxylation is 1. The SMILES string of the molecule is CC1CC(C)C(Sc2nc(=O)c(=O)[nH]n2C)C(N)C1. The molecule has 106 valence electrons. The summed E-state index contributed by atoms with van der Waals surface area (Å²) >= 11 is 1.49. The zero-order chi connectivity index (χ0) is 14.2. The van der Waals surface area contributed by atoms with Crippen LogP contribution in [-0.2, 0) is 7.05 Å². The van der Waals surface area contributed by atoms with Crippen molar-refractivity contribution in [3.63, 3.8) is 0 Å². The number of hydrogen-bond acceptors (Lipinski definition) is 5. The lowest BCUT2D eigenvalue weighted by atomic mass is 9.80. The average molecular weight is 284 g/mol. The summed E-state index contributed by atoms with van der Waals surface area (Å²) in [5.41, 5.74) is 4.78. The van der Waals surface area contributed by atoms with E-state index in [0.29, 0.717) is 17.0 Å². The summed E-state index contributed by atoms with van der Waals surface area (Å²) in [5.74, 6) is 1.10. The van der Waals surface area contributed by atoms with E-state index in [4.69, 9.17) is 5.73 Å². The van der Waals surface area contributed by atoms with E-state index < -0.39 is 11.1 Å². The summed E-state index contributed by atoms with van der Waals surface area (Å²) in [6, 6.07) is 0.0904. The lowest BCUT2D eigenvalue weighted by molar-refractivity contribution is 0.278. The highest BCUT2D eigenvalue weighted by Gasteiger charge is 2.33. The Labute approximate surface area is 115 Å². The molecule has 6 nitrogen and oxygen atoms in total. The van der Waals surface area contributed by atoms with Gasteiger partial charge in [0, 0.05) is 18.3 Å². The summed E-state index contributed by atoms with van der Waals surface area (Å²) in [4.78, 5) is 26.3. The Kier molecular flexibility index (Phi) is 4.15. The molecule has 19 heavy (non-hydrogen) atoms. The maximum atomic E-state index is 11.3. The number of nitrogens with zero attached hydrogens (tertiary/aromatic N) is 2.